The molecular formula is C31H30ClFN6O3. The first-order chi connectivity index (χ1) is 20.0. The highest BCUT2D eigenvalue weighted by atomic mass is 35.5. The number of anilines is 1. The van der Waals surface area contributed by atoms with Crippen molar-refractivity contribution < 1.29 is 14.0 Å². The Kier molecular flexibility index (Phi) is 7.83. The second-order valence-corrected chi connectivity index (χ2v) is 10.9. The number of hydrogen-bond acceptors (Lipinski definition) is 6. The van der Waals surface area contributed by atoms with E-state index in [1.165, 1.54) is 16.7 Å². The van der Waals surface area contributed by atoms with Gasteiger partial charge >= 0.3 is 5.69 Å². The Balaban J connectivity index is 1.85. The lowest BCUT2D eigenvalue weighted by molar-refractivity contribution is -0.126. The number of piperazine rings is 1. The van der Waals surface area contributed by atoms with Crippen LogP contribution in [0, 0.1) is 5.82 Å². The molecule has 0 bridgehead atoms. The molecule has 0 radical (unpaired) electrons. The van der Waals surface area contributed by atoms with E-state index in [0.29, 0.717) is 36.4 Å². The van der Waals surface area contributed by atoms with Gasteiger partial charge in [-0.3, -0.25) is 9.59 Å². The van der Waals surface area contributed by atoms with Crippen molar-refractivity contribution in [3.63, 3.8) is 0 Å². The first-order valence-corrected chi connectivity index (χ1v) is 13.9. The van der Waals surface area contributed by atoms with Gasteiger partial charge in [0.15, 0.2) is 5.65 Å². The zero-order chi connectivity index (χ0) is 30.3. The molecule has 1 unspecified atom stereocenters. The average molecular weight is 589 g/mol. The van der Waals surface area contributed by atoms with Crippen LogP contribution in [0.3, 0.4) is 0 Å². The van der Waals surface area contributed by atoms with Crippen LogP contribution in [0.4, 0.5) is 10.2 Å². The van der Waals surface area contributed by atoms with E-state index in [-0.39, 0.29) is 51.0 Å². The number of rotatable bonds is 6. The molecule has 216 valence electrons. The van der Waals surface area contributed by atoms with Crippen molar-refractivity contribution in [2.24, 2.45) is 5.73 Å². The molecule has 0 saturated carbocycles. The van der Waals surface area contributed by atoms with E-state index in [1.54, 1.807) is 41.3 Å². The van der Waals surface area contributed by atoms with Crippen LogP contribution in [0.15, 0.2) is 66.0 Å². The van der Waals surface area contributed by atoms with Crippen LogP contribution in [0.2, 0.25) is 5.02 Å². The summed E-state index contributed by atoms with van der Waals surface area (Å²) >= 11 is 6.74. The van der Waals surface area contributed by atoms with Crippen LogP contribution in [-0.4, -0.2) is 56.9 Å². The summed E-state index contributed by atoms with van der Waals surface area (Å²) in [5, 5.41) is 0.574. The number of nitrogens with zero attached hydrogens (tertiary/aromatic N) is 5. The fourth-order valence-corrected chi connectivity index (χ4v) is 5.70. The molecule has 2 aromatic carbocycles. The molecule has 0 spiro atoms. The maximum atomic E-state index is 15.0. The molecule has 9 nitrogen and oxygen atoms in total. The van der Waals surface area contributed by atoms with Gasteiger partial charge in [0.1, 0.15) is 11.6 Å². The van der Waals surface area contributed by atoms with Gasteiger partial charge in [0.2, 0.25) is 5.91 Å². The first kappa shape index (κ1) is 28.9. The Hall–Kier alpha value is -4.57. The lowest BCUT2D eigenvalue weighted by atomic mass is 9.97. The lowest BCUT2D eigenvalue weighted by Gasteiger charge is -2.40. The predicted molar refractivity (Wildman–Crippen MR) is 162 cm³/mol. The van der Waals surface area contributed by atoms with E-state index in [9.17, 15) is 18.8 Å². The molecule has 1 atom stereocenters. The zero-order valence-corrected chi connectivity index (χ0v) is 24.2. The molecule has 3 heterocycles. The van der Waals surface area contributed by atoms with E-state index >= 15 is 0 Å². The smallest absolute Gasteiger partial charge is 0.355 e. The number of hydrogen-bond donors (Lipinski definition) is 1. The summed E-state index contributed by atoms with van der Waals surface area (Å²) in [5.74, 6) is -1.22. The van der Waals surface area contributed by atoms with Gasteiger partial charge in [-0.1, -0.05) is 56.3 Å². The number of nitrogens with two attached hydrogens (primary N) is 1. The molecule has 11 heteroatoms. The number of para-hydroxylation sites is 1. The van der Waals surface area contributed by atoms with Gasteiger partial charge in [-0.05, 0) is 48.7 Å². The highest BCUT2D eigenvalue weighted by molar-refractivity contribution is 6.33. The van der Waals surface area contributed by atoms with Crippen molar-refractivity contribution in [2.75, 3.05) is 24.5 Å². The summed E-state index contributed by atoms with van der Waals surface area (Å²) in [6.07, 6.45) is 1.27. The van der Waals surface area contributed by atoms with Gasteiger partial charge in [-0.25, -0.2) is 18.7 Å². The third-order valence-electron chi connectivity index (χ3n) is 7.49. The summed E-state index contributed by atoms with van der Waals surface area (Å²) in [7, 11) is 0. The largest absolute Gasteiger partial charge is 0.366 e. The second-order valence-electron chi connectivity index (χ2n) is 10.5. The molecule has 2 amide bonds. The number of fused-ring (bicyclic) bond motifs is 1. The number of carbonyl (C=O) groups is 2. The van der Waals surface area contributed by atoms with Crippen LogP contribution in [0.1, 0.15) is 42.6 Å². The molecule has 1 aliphatic heterocycles. The maximum Gasteiger partial charge on any atom is 0.355 e. The molecule has 42 heavy (non-hydrogen) atoms. The van der Waals surface area contributed by atoms with E-state index in [0.717, 1.165) is 0 Å². The van der Waals surface area contributed by atoms with Crippen LogP contribution < -0.4 is 16.3 Å². The molecule has 0 aliphatic carbocycles. The summed E-state index contributed by atoms with van der Waals surface area (Å²) in [5.41, 5.74) is 6.57. The molecule has 2 N–H and O–H groups in total. The van der Waals surface area contributed by atoms with Crippen LogP contribution >= 0.6 is 11.6 Å². The van der Waals surface area contributed by atoms with Gasteiger partial charge < -0.3 is 15.5 Å². The molecule has 4 aromatic rings. The number of pyridine rings is 1. The van der Waals surface area contributed by atoms with Gasteiger partial charge in [-0.15, -0.1) is 0 Å². The van der Waals surface area contributed by atoms with Crippen LogP contribution in [-0.2, 0) is 4.79 Å². The Morgan fingerprint density at radius 1 is 1.14 bits per heavy atom. The molecular weight excluding hydrogens is 559 g/mol. The quantitative estimate of drug-likeness (QED) is 0.327. The van der Waals surface area contributed by atoms with Gasteiger partial charge in [-0.2, -0.15) is 4.98 Å². The standard InChI is InChI=1S/C31H30ClFN6O3/c1-5-25(40)37-13-14-38(18(4)16-37)29-22-15-23(32)26(20-9-6-7-12-24(20)33)35-30(22)39(31(42)36-29)27-19(17(2)3)10-8-11-21(27)28(34)41/h5-12,15,17-18H,1,13-14,16H2,2-4H3,(H2,34,41). The third kappa shape index (κ3) is 5.02. The Bertz CT molecular complexity index is 1800. The van der Waals surface area contributed by atoms with Crippen LogP contribution in [0.25, 0.3) is 28.0 Å². The Morgan fingerprint density at radius 3 is 2.52 bits per heavy atom. The number of primary amides is 1. The first-order valence-electron chi connectivity index (χ1n) is 13.5. The number of carbonyl (C=O) groups excluding carboxylic acids is 2. The van der Waals surface area contributed by atoms with Crippen LogP contribution in [0.5, 0.6) is 0 Å². The fraction of sp³-hybridized carbons (Fsp3) is 0.258. The van der Waals surface area contributed by atoms with Crippen molar-refractivity contribution in [1.29, 1.82) is 0 Å². The summed E-state index contributed by atoms with van der Waals surface area (Å²) in [6.45, 7) is 10.5. The van der Waals surface area contributed by atoms with E-state index in [2.05, 4.69) is 11.6 Å². The van der Waals surface area contributed by atoms with Crippen molar-refractivity contribution in [1.82, 2.24) is 19.4 Å². The Morgan fingerprint density at radius 2 is 1.88 bits per heavy atom. The topological polar surface area (TPSA) is 114 Å². The molecule has 1 fully saturated rings. The number of aromatic nitrogens is 3. The van der Waals surface area contributed by atoms with E-state index < -0.39 is 17.4 Å². The molecule has 1 saturated heterocycles. The third-order valence-corrected chi connectivity index (χ3v) is 7.78. The van der Waals surface area contributed by atoms with Gasteiger partial charge in [0.25, 0.3) is 5.91 Å². The minimum atomic E-state index is -0.725. The highest BCUT2D eigenvalue weighted by Crippen LogP contribution is 2.36. The summed E-state index contributed by atoms with van der Waals surface area (Å²) < 4.78 is 16.2. The minimum Gasteiger partial charge on any atom is -0.366 e. The second kappa shape index (κ2) is 11.4. The van der Waals surface area contributed by atoms with Crippen molar-refractivity contribution in [3.05, 3.63) is 93.6 Å². The summed E-state index contributed by atoms with van der Waals surface area (Å²) in [4.78, 5) is 51.8. The van der Waals surface area contributed by atoms with E-state index in [1.807, 2.05) is 31.7 Å². The number of benzene rings is 2. The van der Waals surface area contributed by atoms with Crippen molar-refractivity contribution in [2.45, 2.75) is 32.7 Å². The minimum absolute atomic E-state index is 0.102. The maximum absolute atomic E-state index is 15.0. The normalized spacial score (nSPS) is 15.3. The molecule has 5 rings (SSSR count). The monoisotopic (exact) mass is 588 g/mol. The molecule has 2 aromatic heterocycles. The lowest BCUT2D eigenvalue weighted by Crippen LogP contribution is -2.54. The Labute approximate surface area is 247 Å². The van der Waals surface area contributed by atoms with Crippen molar-refractivity contribution in [3.8, 4) is 16.9 Å². The summed E-state index contributed by atoms with van der Waals surface area (Å²) in [6, 6.07) is 12.5. The highest BCUT2D eigenvalue weighted by Gasteiger charge is 2.31. The zero-order valence-electron chi connectivity index (χ0n) is 23.5. The molecule has 1 aliphatic rings. The SMILES string of the molecule is C=CC(=O)N1CCN(c2nc(=O)n(-c3c(C(N)=O)cccc3C(C)C)c3nc(-c4ccccc4F)c(Cl)cc23)C(C)C1. The van der Waals surface area contributed by atoms with Gasteiger partial charge in [0.05, 0.1) is 27.4 Å². The predicted octanol–water partition coefficient (Wildman–Crippen LogP) is 4.69. The average Bonchev–Trinajstić information content (AvgIpc) is 2.96. The number of halogens is 2. The van der Waals surface area contributed by atoms with E-state index in [4.69, 9.17) is 22.3 Å². The number of amides is 2. The fourth-order valence-electron chi connectivity index (χ4n) is 5.45. The van der Waals surface area contributed by atoms with Gasteiger partial charge in [0, 0.05) is 31.2 Å². The van der Waals surface area contributed by atoms with Crippen molar-refractivity contribution >= 4 is 40.3 Å².